The smallest absolute Gasteiger partial charge is 0.180 e. The fourth-order valence-electron chi connectivity index (χ4n) is 0.949. The SMILES string of the molecule is CCCOC1COCCCO1. The normalized spacial score (nSPS) is 26.5. The van der Waals surface area contributed by atoms with Gasteiger partial charge < -0.3 is 14.2 Å². The van der Waals surface area contributed by atoms with Gasteiger partial charge in [-0.25, -0.2) is 0 Å². The molecule has 1 atom stereocenters. The predicted octanol–water partition coefficient (Wildman–Crippen LogP) is 1.18. The summed E-state index contributed by atoms with van der Waals surface area (Å²) < 4.78 is 16.0. The summed E-state index contributed by atoms with van der Waals surface area (Å²) in [6, 6.07) is 0. The molecule has 0 aliphatic carbocycles. The van der Waals surface area contributed by atoms with Gasteiger partial charge in [-0.1, -0.05) is 6.92 Å². The van der Waals surface area contributed by atoms with Gasteiger partial charge in [0.25, 0.3) is 0 Å². The minimum absolute atomic E-state index is 0.127. The third-order valence-electron chi connectivity index (χ3n) is 1.50. The molecule has 1 saturated heterocycles. The van der Waals surface area contributed by atoms with E-state index in [0.717, 1.165) is 32.7 Å². The number of rotatable bonds is 3. The molecule has 11 heavy (non-hydrogen) atoms. The molecule has 0 N–H and O–H groups in total. The lowest BCUT2D eigenvalue weighted by molar-refractivity contribution is -0.155. The number of hydrogen-bond donors (Lipinski definition) is 0. The van der Waals surface area contributed by atoms with Crippen LogP contribution in [0.4, 0.5) is 0 Å². The Labute approximate surface area is 67.6 Å². The van der Waals surface area contributed by atoms with Crippen LogP contribution in [0.3, 0.4) is 0 Å². The van der Waals surface area contributed by atoms with Crippen molar-refractivity contribution in [2.75, 3.05) is 26.4 Å². The molecule has 0 amide bonds. The Balaban J connectivity index is 2.09. The molecular weight excluding hydrogens is 144 g/mol. The van der Waals surface area contributed by atoms with Gasteiger partial charge in [0.15, 0.2) is 6.29 Å². The maximum atomic E-state index is 5.36. The van der Waals surface area contributed by atoms with E-state index < -0.39 is 0 Å². The van der Waals surface area contributed by atoms with Crippen molar-refractivity contribution >= 4 is 0 Å². The van der Waals surface area contributed by atoms with Crippen molar-refractivity contribution in [3.05, 3.63) is 0 Å². The van der Waals surface area contributed by atoms with Crippen molar-refractivity contribution in [3.8, 4) is 0 Å². The Morgan fingerprint density at radius 3 is 3.18 bits per heavy atom. The molecule has 1 aliphatic rings. The molecule has 3 nitrogen and oxygen atoms in total. The van der Waals surface area contributed by atoms with Crippen LogP contribution in [0.5, 0.6) is 0 Å². The molecule has 1 rings (SSSR count). The van der Waals surface area contributed by atoms with Crippen molar-refractivity contribution in [2.24, 2.45) is 0 Å². The first kappa shape index (κ1) is 8.97. The third kappa shape index (κ3) is 3.70. The molecule has 1 unspecified atom stereocenters. The van der Waals surface area contributed by atoms with Gasteiger partial charge in [0.1, 0.15) is 0 Å². The van der Waals surface area contributed by atoms with Crippen LogP contribution in [0.1, 0.15) is 19.8 Å². The molecule has 0 aromatic carbocycles. The van der Waals surface area contributed by atoms with Crippen LogP contribution < -0.4 is 0 Å². The van der Waals surface area contributed by atoms with Crippen molar-refractivity contribution in [1.29, 1.82) is 0 Å². The second kappa shape index (κ2) is 5.52. The van der Waals surface area contributed by atoms with Crippen molar-refractivity contribution in [2.45, 2.75) is 26.1 Å². The van der Waals surface area contributed by atoms with Crippen LogP contribution >= 0.6 is 0 Å². The predicted molar refractivity (Wildman–Crippen MR) is 41.4 cm³/mol. The van der Waals surface area contributed by atoms with Crippen molar-refractivity contribution in [3.63, 3.8) is 0 Å². The average molecular weight is 160 g/mol. The minimum Gasteiger partial charge on any atom is -0.376 e. The monoisotopic (exact) mass is 160 g/mol. The van der Waals surface area contributed by atoms with E-state index in [9.17, 15) is 0 Å². The quantitative estimate of drug-likeness (QED) is 0.620. The van der Waals surface area contributed by atoms with E-state index in [4.69, 9.17) is 14.2 Å². The summed E-state index contributed by atoms with van der Waals surface area (Å²) in [5, 5.41) is 0. The maximum absolute atomic E-state index is 5.36. The largest absolute Gasteiger partial charge is 0.376 e. The van der Waals surface area contributed by atoms with Gasteiger partial charge in [0.05, 0.1) is 13.2 Å². The molecule has 1 fully saturated rings. The lowest BCUT2D eigenvalue weighted by Gasteiger charge is -2.14. The maximum Gasteiger partial charge on any atom is 0.180 e. The highest BCUT2D eigenvalue weighted by Crippen LogP contribution is 2.03. The highest BCUT2D eigenvalue weighted by molar-refractivity contribution is 4.48. The van der Waals surface area contributed by atoms with E-state index in [1.165, 1.54) is 0 Å². The lowest BCUT2D eigenvalue weighted by atomic mass is 10.5. The topological polar surface area (TPSA) is 27.7 Å². The number of hydrogen-bond acceptors (Lipinski definition) is 3. The Kier molecular flexibility index (Phi) is 4.50. The van der Waals surface area contributed by atoms with E-state index in [-0.39, 0.29) is 6.29 Å². The van der Waals surface area contributed by atoms with Gasteiger partial charge in [0.2, 0.25) is 0 Å². The highest BCUT2D eigenvalue weighted by atomic mass is 16.7. The van der Waals surface area contributed by atoms with Crippen LogP contribution in [0.15, 0.2) is 0 Å². The van der Waals surface area contributed by atoms with Gasteiger partial charge in [-0.15, -0.1) is 0 Å². The van der Waals surface area contributed by atoms with Crippen molar-refractivity contribution in [1.82, 2.24) is 0 Å². The molecule has 0 aromatic rings. The summed E-state index contributed by atoms with van der Waals surface area (Å²) >= 11 is 0. The summed E-state index contributed by atoms with van der Waals surface area (Å²) in [7, 11) is 0. The lowest BCUT2D eigenvalue weighted by Crippen LogP contribution is -2.21. The summed E-state index contributed by atoms with van der Waals surface area (Å²) in [6.07, 6.45) is 1.88. The zero-order valence-electron chi connectivity index (χ0n) is 7.04. The molecule has 1 heterocycles. The Morgan fingerprint density at radius 1 is 1.45 bits per heavy atom. The molecule has 0 spiro atoms. The van der Waals surface area contributed by atoms with Gasteiger partial charge in [0, 0.05) is 13.2 Å². The molecule has 66 valence electrons. The van der Waals surface area contributed by atoms with E-state index in [0.29, 0.717) is 6.61 Å². The first-order chi connectivity index (χ1) is 5.43. The van der Waals surface area contributed by atoms with E-state index in [1.54, 1.807) is 0 Å². The fraction of sp³-hybridized carbons (Fsp3) is 1.00. The zero-order valence-corrected chi connectivity index (χ0v) is 7.04. The Morgan fingerprint density at radius 2 is 2.36 bits per heavy atom. The first-order valence-corrected chi connectivity index (χ1v) is 4.24. The van der Waals surface area contributed by atoms with Gasteiger partial charge in [-0.2, -0.15) is 0 Å². The molecule has 3 heteroatoms. The third-order valence-corrected chi connectivity index (χ3v) is 1.50. The minimum atomic E-state index is -0.127. The average Bonchev–Trinajstić information content (AvgIpc) is 2.28. The summed E-state index contributed by atoms with van der Waals surface area (Å²) in [4.78, 5) is 0. The standard InChI is InChI=1S/C8H16O3/c1-2-4-10-8-7-9-5-3-6-11-8/h8H,2-7H2,1H3. The van der Waals surface area contributed by atoms with Gasteiger partial charge >= 0.3 is 0 Å². The number of ether oxygens (including phenoxy) is 3. The van der Waals surface area contributed by atoms with Gasteiger partial charge in [-0.05, 0) is 12.8 Å². The fourth-order valence-corrected chi connectivity index (χ4v) is 0.949. The molecule has 1 aliphatic heterocycles. The van der Waals surface area contributed by atoms with E-state index in [1.807, 2.05) is 0 Å². The summed E-state index contributed by atoms with van der Waals surface area (Å²) in [5.41, 5.74) is 0. The Hall–Kier alpha value is -0.120. The van der Waals surface area contributed by atoms with E-state index in [2.05, 4.69) is 6.92 Å². The second-order valence-corrected chi connectivity index (χ2v) is 2.60. The second-order valence-electron chi connectivity index (χ2n) is 2.60. The van der Waals surface area contributed by atoms with Crippen LogP contribution in [-0.2, 0) is 14.2 Å². The molecule has 0 bridgehead atoms. The molecule has 0 saturated carbocycles. The molecular formula is C8H16O3. The molecule has 0 radical (unpaired) electrons. The van der Waals surface area contributed by atoms with Crippen LogP contribution in [-0.4, -0.2) is 32.7 Å². The van der Waals surface area contributed by atoms with Gasteiger partial charge in [-0.3, -0.25) is 0 Å². The molecule has 0 aromatic heterocycles. The zero-order chi connectivity index (χ0) is 7.94. The summed E-state index contributed by atoms with van der Waals surface area (Å²) in [5.74, 6) is 0. The Bertz CT molecular complexity index is 87.3. The van der Waals surface area contributed by atoms with Crippen molar-refractivity contribution < 1.29 is 14.2 Å². The van der Waals surface area contributed by atoms with E-state index >= 15 is 0 Å². The van der Waals surface area contributed by atoms with Crippen LogP contribution in [0, 0.1) is 0 Å². The van der Waals surface area contributed by atoms with Crippen LogP contribution in [0.25, 0.3) is 0 Å². The highest BCUT2D eigenvalue weighted by Gasteiger charge is 2.11. The summed E-state index contributed by atoms with van der Waals surface area (Å²) in [6.45, 7) is 4.98. The van der Waals surface area contributed by atoms with Crippen LogP contribution in [0.2, 0.25) is 0 Å². The first-order valence-electron chi connectivity index (χ1n) is 4.24.